The molecular formula is C22H22BrN3O2S. The number of hydrogen-bond donors (Lipinski definition) is 1. The zero-order valence-electron chi connectivity index (χ0n) is 16.0. The molecule has 29 heavy (non-hydrogen) atoms. The number of hydrogen-bond acceptors (Lipinski definition) is 4. The van der Waals surface area contributed by atoms with Gasteiger partial charge in [0.25, 0.3) is 0 Å². The normalized spacial score (nSPS) is 18.8. The first-order chi connectivity index (χ1) is 14.2. The van der Waals surface area contributed by atoms with Gasteiger partial charge in [0.15, 0.2) is 5.11 Å². The van der Waals surface area contributed by atoms with Gasteiger partial charge in [-0.2, -0.15) is 0 Å². The third-order valence-electron chi connectivity index (χ3n) is 4.99. The van der Waals surface area contributed by atoms with Gasteiger partial charge >= 0.3 is 0 Å². The number of halogens is 1. The average molecular weight is 472 g/mol. The highest BCUT2D eigenvalue weighted by Crippen LogP contribution is 2.40. The fourth-order valence-corrected chi connectivity index (χ4v) is 4.21. The maximum absolute atomic E-state index is 6.31. The monoisotopic (exact) mass is 471 g/mol. The van der Waals surface area contributed by atoms with Crippen LogP contribution in [0, 0.1) is 0 Å². The summed E-state index contributed by atoms with van der Waals surface area (Å²) in [6, 6.07) is 17.9. The molecule has 2 aromatic heterocycles. The van der Waals surface area contributed by atoms with Crippen molar-refractivity contribution in [2.24, 2.45) is 0 Å². The van der Waals surface area contributed by atoms with Gasteiger partial charge in [-0.25, -0.2) is 0 Å². The largest absolute Gasteiger partial charge is 0.459 e. The van der Waals surface area contributed by atoms with Gasteiger partial charge in [-0.15, -0.1) is 0 Å². The summed E-state index contributed by atoms with van der Waals surface area (Å²) in [6.07, 6.45) is 2.68. The van der Waals surface area contributed by atoms with E-state index in [0.717, 1.165) is 40.2 Å². The lowest BCUT2D eigenvalue weighted by molar-refractivity contribution is 0.177. The minimum Gasteiger partial charge on any atom is -0.459 e. The van der Waals surface area contributed by atoms with E-state index in [1.807, 2.05) is 54.6 Å². The van der Waals surface area contributed by atoms with Crippen molar-refractivity contribution in [2.75, 3.05) is 20.3 Å². The van der Waals surface area contributed by atoms with Gasteiger partial charge in [0.2, 0.25) is 0 Å². The van der Waals surface area contributed by atoms with E-state index in [0.29, 0.717) is 11.7 Å². The van der Waals surface area contributed by atoms with Crippen LogP contribution in [0.15, 0.2) is 69.7 Å². The van der Waals surface area contributed by atoms with E-state index in [2.05, 4.69) is 31.1 Å². The van der Waals surface area contributed by atoms with Gasteiger partial charge < -0.3 is 19.4 Å². The number of aromatic nitrogens is 1. The number of pyridine rings is 1. The molecule has 0 radical (unpaired) electrons. The van der Waals surface area contributed by atoms with Crippen LogP contribution in [0.25, 0.3) is 11.3 Å². The average Bonchev–Trinajstić information content (AvgIpc) is 3.34. The molecule has 1 fully saturated rings. The van der Waals surface area contributed by atoms with Crippen molar-refractivity contribution >= 4 is 33.3 Å². The first-order valence-corrected chi connectivity index (χ1v) is 10.7. The quantitative estimate of drug-likeness (QED) is 0.381. The Kier molecular flexibility index (Phi) is 6.28. The summed E-state index contributed by atoms with van der Waals surface area (Å²) in [6.45, 7) is 1.46. The number of rotatable bonds is 7. The van der Waals surface area contributed by atoms with Crippen LogP contribution in [0.4, 0.5) is 0 Å². The zero-order chi connectivity index (χ0) is 20.2. The first kappa shape index (κ1) is 20.1. The lowest BCUT2D eigenvalue weighted by atomic mass is 10.0. The second-order valence-electron chi connectivity index (χ2n) is 6.88. The van der Waals surface area contributed by atoms with E-state index < -0.39 is 0 Å². The molecule has 7 heteroatoms. The fourth-order valence-electron chi connectivity index (χ4n) is 3.62. The molecule has 2 atom stereocenters. The van der Waals surface area contributed by atoms with Crippen LogP contribution in [0.3, 0.4) is 0 Å². The topological polar surface area (TPSA) is 50.5 Å². The number of furan rings is 1. The van der Waals surface area contributed by atoms with Crippen molar-refractivity contribution in [1.29, 1.82) is 0 Å². The van der Waals surface area contributed by atoms with Crippen LogP contribution in [0.2, 0.25) is 0 Å². The smallest absolute Gasteiger partial charge is 0.170 e. The lowest BCUT2D eigenvalue weighted by Gasteiger charge is -2.25. The van der Waals surface area contributed by atoms with Gasteiger partial charge in [-0.3, -0.25) is 4.98 Å². The van der Waals surface area contributed by atoms with E-state index in [-0.39, 0.29) is 12.1 Å². The minimum atomic E-state index is -0.0739. The number of nitrogens with one attached hydrogen (secondary N) is 1. The summed E-state index contributed by atoms with van der Waals surface area (Å²) in [7, 11) is 1.71. The fraction of sp³-hybridized carbons (Fsp3) is 0.273. The molecule has 3 heterocycles. The molecule has 1 aliphatic rings. The van der Waals surface area contributed by atoms with Crippen molar-refractivity contribution < 1.29 is 9.15 Å². The molecule has 150 valence electrons. The highest BCUT2D eigenvalue weighted by Gasteiger charge is 2.41. The Balaban J connectivity index is 1.67. The lowest BCUT2D eigenvalue weighted by Crippen LogP contribution is -2.31. The Hall–Kier alpha value is -2.22. The molecule has 0 amide bonds. The van der Waals surface area contributed by atoms with Gasteiger partial charge in [-0.1, -0.05) is 34.1 Å². The molecule has 0 saturated carbocycles. The van der Waals surface area contributed by atoms with Crippen LogP contribution >= 0.6 is 28.1 Å². The molecule has 0 aliphatic carbocycles. The Morgan fingerprint density at radius 2 is 2.00 bits per heavy atom. The second-order valence-corrected chi connectivity index (χ2v) is 8.18. The van der Waals surface area contributed by atoms with Crippen LogP contribution < -0.4 is 5.32 Å². The predicted octanol–water partition coefficient (Wildman–Crippen LogP) is 5.11. The molecule has 0 spiro atoms. The molecular weight excluding hydrogens is 450 g/mol. The van der Waals surface area contributed by atoms with E-state index in [1.165, 1.54) is 0 Å². The van der Waals surface area contributed by atoms with Crippen molar-refractivity contribution in [1.82, 2.24) is 15.2 Å². The zero-order valence-corrected chi connectivity index (χ0v) is 18.4. The van der Waals surface area contributed by atoms with Crippen LogP contribution in [0.5, 0.6) is 0 Å². The molecule has 1 N–H and O–H groups in total. The highest BCUT2D eigenvalue weighted by atomic mass is 79.9. The van der Waals surface area contributed by atoms with Crippen molar-refractivity contribution in [3.63, 3.8) is 0 Å². The summed E-state index contributed by atoms with van der Waals surface area (Å²) < 4.78 is 12.6. The van der Waals surface area contributed by atoms with E-state index in [1.54, 1.807) is 13.3 Å². The van der Waals surface area contributed by atoms with Crippen LogP contribution in [-0.4, -0.2) is 35.3 Å². The molecule has 0 unspecified atom stereocenters. The van der Waals surface area contributed by atoms with Gasteiger partial charge in [0.1, 0.15) is 17.6 Å². The standard InChI is InChI=1S/C22H22BrN3O2S/c1-27-14-4-13-26-21(20(25-22(26)29)17-5-2-3-12-24-17)19-11-10-18(28-19)15-6-8-16(23)9-7-15/h2-3,5-12,20-21H,4,13-14H2,1H3,(H,25,29)/t20-,21-/m1/s1. The Morgan fingerprint density at radius 1 is 1.17 bits per heavy atom. The molecule has 1 saturated heterocycles. The molecule has 0 bridgehead atoms. The summed E-state index contributed by atoms with van der Waals surface area (Å²) in [4.78, 5) is 6.73. The summed E-state index contributed by atoms with van der Waals surface area (Å²) in [5, 5.41) is 4.15. The molecule has 5 nitrogen and oxygen atoms in total. The molecule has 1 aromatic carbocycles. The molecule has 1 aliphatic heterocycles. The molecule has 3 aromatic rings. The van der Waals surface area contributed by atoms with E-state index in [9.17, 15) is 0 Å². The summed E-state index contributed by atoms with van der Waals surface area (Å²) in [5.41, 5.74) is 1.98. The van der Waals surface area contributed by atoms with Crippen LogP contribution in [0.1, 0.15) is 30.0 Å². The second kappa shape index (κ2) is 9.07. The van der Waals surface area contributed by atoms with Crippen molar-refractivity contribution in [3.05, 3.63) is 76.7 Å². The van der Waals surface area contributed by atoms with Crippen molar-refractivity contribution in [2.45, 2.75) is 18.5 Å². The maximum Gasteiger partial charge on any atom is 0.170 e. The molecule has 4 rings (SSSR count). The highest BCUT2D eigenvalue weighted by molar-refractivity contribution is 9.10. The number of methoxy groups -OCH3 is 1. The van der Waals surface area contributed by atoms with E-state index in [4.69, 9.17) is 21.4 Å². The summed E-state index contributed by atoms with van der Waals surface area (Å²) in [5.74, 6) is 1.70. The SMILES string of the molecule is COCCCN1C(=S)N[C@H](c2ccccn2)[C@H]1c1ccc(-c2ccc(Br)cc2)o1. The number of ether oxygens (including phenoxy) is 1. The van der Waals surface area contributed by atoms with Crippen molar-refractivity contribution in [3.8, 4) is 11.3 Å². The third-order valence-corrected chi connectivity index (χ3v) is 5.87. The number of benzene rings is 1. The van der Waals surface area contributed by atoms with Crippen LogP contribution in [-0.2, 0) is 4.74 Å². The predicted molar refractivity (Wildman–Crippen MR) is 120 cm³/mol. The number of nitrogens with zero attached hydrogens (tertiary/aromatic N) is 2. The third kappa shape index (κ3) is 4.37. The Bertz CT molecular complexity index is 962. The number of thiocarbonyl (C=S) groups is 1. The Labute approximate surface area is 184 Å². The van der Waals surface area contributed by atoms with Gasteiger partial charge in [0, 0.05) is 36.5 Å². The maximum atomic E-state index is 6.31. The minimum absolute atomic E-state index is 0.0709. The van der Waals surface area contributed by atoms with Gasteiger partial charge in [-0.05, 0) is 55.0 Å². The summed E-state index contributed by atoms with van der Waals surface area (Å²) >= 11 is 9.14. The first-order valence-electron chi connectivity index (χ1n) is 9.50. The van der Waals surface area contributed by atoms with E-state index >= 15 is 0 Å². The Morgan fingerprint density at radius 3 is 2.72 bits per heavy atom. The van der Waals surface area contributed by atoms with Gasteiger partial charge in [0.05, 0.1) is 11.7 Å².